The zero-order valence-corrected chi connectivity index (χ0v) is 21.1. The molecule has 0 saturated carbocycles. The SMILES string of the molecule is CCOc1cc(/C=C(\Sc2nnc(-c3ccc(Cl)cc3)o2)C(=O)O)ccc1OCc1ccccc1C#N. The minimum atomic E-state index is -1.15. The monoisotopic (exact) mass is 533 g/mol. The second-order valence-electron chi connectivity index (χ2n) is 7.49. The molecule has 0 spiro atoms. The zero-order valence-electron chi connectivity index (χ0n) is 19.6. The highest BCUT2D eigenvalue weighted by Gasteiger charge is 2.17. The molecule has 0 radical (unpaired) electrons. The Morgan fingerprint density at radius 1 is 1.11 bits per heavy atom. The number of aromatic nitrogens is 2. The van der Waals surface area contributed by atoms with Crippen molar-refractivity contribution in [2.24, 2.45) is 0 Å². The van der Waals surface area contributed by atoms with Gasteiger partial charge in [0.2, 0.25) is 5.89 Å². The average molecular weight is 534 g/mol. The molecule has 1 aromatic heterocycles. The van der Waals surface area contributed by atoms with Crippen molar-refractivity contribution in [2.45, 2.75) is 18.8 Å². The molecule has 37 heavy (non-hydrogen) atoms. The first-order chi connectivity index (χ1) is 18.0. The van der Waals surface area contributed by atoms with Crippen LogP contribution in [0.25, 0.3) is 17.5 Å². The van der Waals surface area contributed by atoms with Crippen LogP contribution in [0, 0.1) is 11.3 Å². The average Bonchev–Trinajstić information content (AvgIpc) is 3.37. The summed E-state index contributed by atoms with van der Waals surface area (Å²) in [4.78, 5) is 11.9. The van der Waals surface area contributed by atoms with E-state index < -0.39 is 5.97 Å². The minimum absolute atomic E-state index is 0.0228. The summed E-state index contributed by atoms with van der Waals surface area (Å²) >= 11 is 6.75. The Hall–Kier alpha value is -4.26. The summed E-state index contributed by atoms with van der Waals surface area (Å²) in [5.74, 6) is 0.0219. The molecule has 1 N–H and O–H groups in total. The number of carbonyl (C=O) groups is 1. The Bertz CT molecular complexity index is 1480. The molecule has 8 nitrogen and oxygen atoms in total. The molecule has 4 aromatic rings. The molecule has 0 saturated heterocycles. The van der Waals surface area contributed by atoms with Gasteiger partial charge in [0.1, 0.15) is 11.5 Å². The highest BCUT2D eigenvalue weighted by Crippen LogP contribution is 2.34. The van der Waals surface area contributed by atoms with E-state index >= 15 is 0 Å². The number of carboxylic acids is 1. The fourth-order valence-corrected chi connectivity index (χ4v) is 4.05. The summed E-state index contributed by atoms with van der Waals surface area (Å²) in [6.45, 7) is 2.40. The van der Waals surface area contributed by atoms with Gasteiger partial charge in [0, 0.05) is 16.1 Å². The van der Waals surface area contributed by atoms with Gasteiger partial charge in [0.25, 0.3) is 5.22 Å². The zero-order chi connectivity index (χ0) is 26.2. The number of ether oxygens (including phenoxy) is 2. The molecule has 186 valence electrons. The third kappa shape index (κ3) is 6.70. The van der Waals surface area contributed by atoms with Crippen molar-refractivity contribution < 1.29 is 23.8 Å². The van der Waals surface area contributed by atoms with E-state index in [1.54, 1.807) is 54.6 Å². The number of hydrogen-bond acceptors (Lipinski definition) is 8. The van der Waals surface area contributed by atoms with Crippen molar-refractivity contribution in [3.05, 3.63) is 93.3 Å². The molecular formula is C27H20ClN3O5S. The molecular weight excluding hydrogens is 514 g/mol. The number of rotatable bonds is 10. The first-order valence-electron chi connectivity index (χ1n) is 11.1. The number of benzene rings is 3. The summed E-state index contributed by atoms with van der Waals surface area (Å²) in [7, 11) is 0. The van der Waals surface area contributed by atoms with Crippen LogP contribution in [-0.2, 0) is 11.4 Å². The lowest BCUT2D eigenvalue weighted by atomic mass is 10.1. The van der Waals surface area contributed by atoms with Gasteiger partial charge >= 0.3 is 5.97 Å². The van der Waals surface area contributed by atoms with Crippen molar-refractivity contribution >= 4 is 35.4 Å². The summed E-state index contributed by atoms with van der Waals surface area (Å²) < 4.78 is 17.3. The maximum Gasteiger partial charge on any atom is 0.342 e. The van der Waals surface area contributed by atoms with Crippen LogP contribution in [0.3, 0.4) is 0 Å². The summed E-state index contributed by atoms with van der Waals surface area (Å²) in [6.07, 6.45) is 1.48. The second kappa shape index (κ2) is 12.1. The lowest BCUT2D eigenvalue weighted by Crippen LogP contribution is -2.02. The summed E-state index contributed by atoms with van der Waals surface area (Å²) in [6, 6.07) is 21.3. The van der Waals surface area contributed by atoms with Crippen LogP contribution in [-0.4, -0.2) is 27.9 Å². The molecule has 4 rings (SSSR count). The minimum Gasteiger partial charge on any atom is -0.490 e. The Kier molecular flexibility index (Phi) is 8.46. The van der Waals surface area contributed by atoms with E-state index in [0.29, 0.717) is 39.8 Å². The summed E-state index contributed by atoms with van der Waals surface area (Å²) in [5.41, 5.74) is 2.52. The third-order valence-corrected chi connectivity index (χ3v) is 6.10. The highest BCUT2D eigenvalue weighted by molar-refractivity contribution is 8.03. The number of halogens is 1. The van der Waals surface area contributed by atoms with E-state index in [1.165, 1.54) is 6.08 Å². The van der Waals surface area contributed by atoms with E-state index in [-0.39, 0.29) is 22.6 Å². The smallest absolute Gasteiger partial charge is 0.342 e. The Labute approximate surface area is 222 Å². The number of nitriles is 1. The Morgan fingerprint density at radius 3 is 2.62 bits per heavy atom. The molecule has 0 bridgehead atoms. The molecule has 0 aliphatic rings. The predicted molar refractivity (Wildman–Crippen MR) is 139 cm³/mol. The number of nitrogens with zero attached hydrogens (tertiary/aromatic N) is 3. The van der Waals surface area contributed by atoms with Gasteiger partial charge in [-0.15, -0.1) is 10.2 Å². The fourth-order valence-electron chi connectivity index (χ4n) is 3.25. The largest absolute Gasteiger partial charge is 0.490 e. The Balaban J connectivity index is 1.54. The fraction of sp³-hybridized carbons (Fsp3) is 0.111. The molecule has 0 atom stereocenters. The van der Waals surface area contributed by atoms with Gasteiger partial charge in [-0.3, -0.25) is 0 Å². The van der Waals surface area contributed by atoms with Crippen molar-refractivity contribution in [3.63, 3.8) is 0 Å². The van der Waals surface area contributed by atoms with Crippen molar-refractivity contribution in [3.8, 4) is 29.0 Å². The first kappa shape index (κ1) is 25.8. The van der Waals surface area contributed by atoms with Gasteiger partial charge in [0.15, 0.2) is 11.5 Å². The predicted octanol–water partition coefficient (Wildman–Crippen LogP) is 6.46. The molecule has 3 aromatic carbocycles. The molecule has 0 fully saturated rings. The molecule has 0 unspecified atom stereocenters. The quantitative estimate of drug-likeness (QED) is 0.181. The number of aliphatic carboxylic acids is 1. The van der Waals surface area contributed by atoms with Crippen molar-refractivity contribution in [2.75, 3.05) is 6.61 Å². The van der Waals surface area contributed by atoms with Crippen LogP contribution in [0.4, 0.5) is 0 Å². The van der Waals surface area contributed by atoms with Gasteiger partial charge in [-0.1, -0.05) is 35.9 Å². The standard InChI is InChI=1S/C27H20ClN3O5S/c1-2-34-23-13-17(7-12-22(23)35-16-20-6-4-3-5-19(20)15-29)14-24(26(32)33)37-27-31-30-25(36-27)18-8-10-21(28)11-9-18/h3-14H,2,16H2,1H3,(H,32,33)/b24-14-. The molecule has 1 heterocycles. The highest BCUT2D eigenvalue weighted by atomic mass is 35.5. The first-order valence-corrected chi connectivity index (χ1v) is 12.3. The van der Waals surface area contributed by atoms with Crippen LogP contribution in [0.5, 0.6) is 11.5 Å². The summed E-state index contributed by atoms with van der Waals surface area (Å²) in [5, 5.41) is 27.6. The third-order valence-electron chi connectivity index (χ3n) is 4.99. The van der Waals surface area contributed by atoms with Gasteiger partial charge in [0.05, 0.1) is 18.2 Å². The van der Waals surface area contributed by atoms with Gasteiger partial charge < -0.3 is 19.0 Å². The van der Waals surface area contributed by atoms with E-state index in [2.05, 4.69) is 16.3 Å². The molecule has 0 aliphatic carbocycles. The maximum atomic E-state index is 11.9. The van der Waals surface area contributed by atoms with Crippen molar-refractivity contribution in [1.29, 1.82) is 5.26 Å². The van der Waals surface area contributed by atoms with E-state index in [1.807, 2.05) is 19.1 Å². The normalized spacial score (nSPS) is 11.1. The number of hydrogen-bond donors (Lipinski definition) is 1. The van der Waals surface area contributed by atoms with Crippen LogP contribution in [0.1, 0.15) is 23.6 Å². The molecule has 10 heteroatoms. The lowest BCUT2D eigenvalue weighted by molar-refractivity contribution is -0.131. The molecule has 0 aliphatic heterocycles. The van der Waals surface area contributed by atoms with Gasteiger partial charge in [-0.2, -0.15) is 5.26 Å². The van der Waals surface area contributed by atoms with E-state index in [4.69, 9.17) is 25.5 Å². The van der Waals surface area contributed by atoms with E-state index in [0.717, 1.165) is 17.3 Å². The van der Waals surface area contributed by atoms with Crippen molar-refractivity contribution in [1.82, 2.24) is 10.2 Å². The van der Waals surface area contributed by atoms with Crippen LogP contribution in [0.2, 0.25) is 5.02 Å². The molecule has 0 amide bonds. The second-order valence-corrected chi connectivity index (χ2v) is 8.92. The van der Waals surface area contributed by atoms with E-state index in [9.17, 15) is 15.2 Å². The Morgan fingerprint density at radius 2 is 1.89 bits per heavy atom. The van der Waals surface area contributed by atoms with Gasteiger partial charge in [-0.05, 0) is 72.8 Å². The number of thioether (sulfide) groups is 1. The number of carboxylic acid groups (broad SMARTS) is 1. The topological polar surface area (TPSA) is 118 Å². The lowest BCUT2D eigenvalue weighted by Gasteiger charge is -2.13. The maximum absolute atomic E-state index is 11.9. The van der Waals surface area contributed by atoms with Gasteiger partial charge in [-0.25, -0.2) is 4.79 Å². The van der Waals surface area contributed by atoms with Crippen LogP contribution >= 0.6 is 23.4 Å². The van der Waals surface area contributed by atoms with Crippen LogP contribution < -0.4 is 9.47 Å². The van der Waals surface area contributed by atoms with Crippen LogP contribution in [0.15, 0.2) is 81.3 Å².